The maximum Gasteiger partial charge on any atom is 0.275 e. The van der Waals surface area contributed by atoms with Gasteiger partial charge in [0.25, 0.3) is 5.91 Å². The zero-order valence-electron chi connectivity index (χ0n) is 12.2. The number of rotatable bonds is 3. The van der Waals surface area contributed by atoms with Crippen molar-refractivity contribution >= 4 is 17.9 Å². The molecular formula is C17H17N3O2. The molecule has 0 aliphatic rings. The third-order valence-corrected chi connectivity index (χ3v) is 3.08. The van der Waals surface area contributed by atoms with Crippen LogP contribution in [-0.2, 0) is 4.79 Å². The Labute approximate surface area is 128 Å². The molecule has 0 saturated heterocycles. The summed E-state index contributed by atoms with van der Waals surface area (Å²) in [7, 11) is 0. The van der Waals surface area contributed by atoms with Crippen molar-refractivity contribution in [3.8, 4) is 16.9 Å². The molecule has 22 heavy (non-hydrogen) atoms. The molecule has 2 aromatic rings. The highest BCUT2D eigenvalue weighted by Crippen LogP contribution is 2.27. The number of aromatic hydroxyl groups is 1. The van der Waals surface area contributed by atoms with E-state index in [-0.39, 0.29) is 11.7 Å². The van der Waals surface area contributed by atoms with Gasteiger partial charge in [0.1, 0.15) is 5.75 Å². The van der Waals surface area contributed by atoms with Crippen LogP contribution in [0.3, 0.4) is 0 Å². The second-order valence-electron chi connectivity index (χ2n) is 4.80. The van der Waals surface area contributed by atoms with E-state index in [1.54, 1.807) is 25.1 Å². The van der Waals surface area contributed by atoms with Gasteiger partial charge in [0.15, 0.2) is 5.96 Å². The van der Waals surface area contributed by atoms with Gasteiger partial charge in [-0.15, -0.1) is 0 Å². The molecule has 5 nitrogen and oxygen atoms in total. The molecule has 0 aromatic heterocycles. The monoisotopic (exact) mass is 295 g/mol. The Kier molecular flexibility index (Phi) is 4.58. The fourth-order valence-corrected chi connectivity index (χ4v) is 2.03. The highest BCUT2D eigenvalue weighted by molar-refractivity contribution is 6.04. The van der Waals surface area contributed by atoms with Gasteiger partial charge in [0.2, 0.25) is 0 Å². The molecule has 0 saturated carbocycles. The lowest BCUT2D eigenvalue weighted by atomic mass is 9.98. The molecule has 5 heteroatoms. The first-order valence-electron chi connectivity index (χ1n) is 6.68. The van der Waals surface area contributed by atoms with Crippen molar-refractivity contribution in [3.63, 3.8) is 0 Å². The minimum absolute atomic E-state index is 0.205. The Hall–Kier alpha value is -3.08. The molecule has 0 heterocycles. The van der Waals surface area contributed by atoms with Crippen LogP contribution in [-0.4, -0.2) is 17.0 Å². The number of benzene rings is 2. The molecule has 112 valence electrons. The molecule has 0 spiro atoms. The number of aliphatic imine (C=N–C) groups is 1. The number of amides is 1. The molecule has 5 N–H and O–H groups in total. The first kappa shape index (κ1) is 15.3. The normalized spacial score (nSPS) is 11.0. The van der Waals surface area contributed by atoms with Crippen LogP contribution in [0.25, 0.3) is 17.2 Å². The third kappa shape index (κ3) is 3.73. The Balaban J connectivity index is 2.43. The summed E-state index contributed by atoms with van der Waals surface area (Å²) in [5, 5.41) is 9.38. The molecule has 0 aliphatic heterocycles. The highest BCUT2D eigenvalue weighted by Gasteiger charge is 2.07. The number of guanidine groups is 1. The molecule has 0 atom stereocenters. The van der Waals surface area contributed by atoms with Gasteiger partial charge >= 0.3 is 0 Å². The number of phenols is 1. The molecule has 0 unspecified atom stereocenters. The average Bonchev–Trinajstić information content (AvgIpc) is 2.48. The van der Waals surface area contributed by atoms with E-state index in [4.69, 9.17) is 11.5 Å². The fourth-order valence-electron chi connectivity index (χ4n) is 2.03. The van der Waals surface area contributed by atoms with E-state index in [1.807, 2.05) is 36.4 Å². The molecule has 0 aliphatic carbocycles. The highest BCUT2D eigenvalue weighted by atomic mass is 16.3. The first-order chi connectivity index (χ1) is 10.5. The Morgan fingerprint density at radius 1 is 1.09 bits per heavy atom. The van der Waals surface area contributed by atoms with Crippen molar-refractivity contribution in [3.05, 3.63) is 59.7 Å². The van der Waals surface area contributed by atoms with Crippen LogP contribution in [0.15, 0.2) is 59.1 Å². The van der Waals surface area contributed by atoms with Gasteiger partial charge in [0, 0.05) is 5.57 Å². The summed E-state index contributed by atoms with van der Waals surface area (Å²) in [5.41, 5.74) is 13.6. The second kappa shape index (κ2) is 6.58. The summed E-state index contributed by atoms with van der Waals surface area (Å²) < 4.78 is 0. The van der Waals surface area contributed by atoms with Crippen molar-refractivity contribution in [2.45, 2.75) is 6.92 Å². The Morgan fingerprint density at radius 3 is 2.36 bits per heavy atom. The number of carbonyl (C=O) groups is 1. The zero-order valence-corrected chi connectivity index (χ0v) is 12.2. The van der Waals surface area contributed by atoms with Crippen LogP contribution in [0.5, 0.6) is 5.75 Å². The lowest BCUT2D eigenvalue weighted by Gasteiger charge is -2.07. The van der Waals surface area contributed by atoms with Crippen LogP contribution >= 0.6 is 0 Å². The van der Waals surface area contributed by atoms with Crippen molar-refractivity contribution in [1.29, 1.82) is 0 Å². The molecule has 0 bridgehead atoms. The predicted molar refractivity (Wildman–Crippen MR) is 88.0 cm³/mol. The molecule has 2 rings (SSSR count). The lowest BCUT2D eigenvalue weighted by molar-refractivity contribution is -0.114. The van der Waals surface area contributed by atoms with E-state index in [1.165, 1.54) is 0 Å². The van der Waals surface area contributed by atoms with Gasteiger partial charge in [-0.2, -0.15) is 4.99 Å². The van der Waals surface area contributed by atoms with E-state index in [9.17, 15) is 9.90 Å². The SMILES string of the molecule is CC(=Cc1ccccc1-c1ccc(O)cc1)C(=O)N=C(N)N. The van der Waals surface area contributed by atoms with Crippen LogP contribution < -0.4 is 11.5 Å². The maximum atomic E-state index is 11.8. The van der Waals surface area contributed by atoms with Crippen molar-refractivity contribution in [1.82, 2.24) is 0 Å². The van der Waals surface area contributed by atoms with E-state index in [2.05, 4.69) is 4.99 Å². The second-order valence-corrected chi connectivity index (χ2v) is 4.80. The molecule has 2 aromatic carbocycles. The van der Waals surface area contributed by atoms with Crippen molar-refractivity contribution < 1.29 is 9.90 Å². The fraction of sp³-hybridized carbons (Fsp3) is 0.0588. The van der Waals surface area contributed by atoms with Gasteiger partial charge in [-0.05, 0) is 41.8 Å². The van der Waals surface area contributed by atoms with E-state index in [0.29, 0.717) is 5.57 Å². The quantitative estimate of drug-likeness (QED) is 0.459. The number of nitrogens with zero attached hydrogens (tertiary/aromatic N) is 1. The zero-order chi connectivity index (χ0) is 16.1. The lowest BCUT2D eigenvalue weighted by Crippen LogP contribution is -2.24. The van der Waals surface area contributed by atoms with E-state index < -0.39 is 5.91 Å². The number of nitrogens with two attached hydrogens (primary N) is 2. The van der Waals surface area contributed by atoms with Crippen molar-refractivity contribution in [2.75, 3.05) is 0 Å². The van der Waals surface area contributed by atoms with Gasteiger partial charge in [-0.25, -0.2) is 0 Å². The summed E-state index contributed by atoms with van der Waals surface area (Å²) in [4.78, 5) is 15.3. The molecule has 0 radical (unpaired) electrons. The number of hydrogen-bond acceptors (Lipinski definition) is 2. The predicted octanol–water partition coefficient (Wildman–Crippen LogP) is 2.26. The van der Waals surface area contributed by atoms with E-state index in [0.717, 1.165) is 16.7 Å². The Bertz CT molecular complexity index is 743. The minimum atomic E-state index is -0.472. The summed E-state index contributed by atoms with van der Waals surface area (Å²) in [6.45, 7) is 1.66. The maximum absolute atomic E-state index is 11.8. The average molecular weight is 295 g/mol. The summed E-state index contributed by atoms with van der Waals surface area (Å²) in [6, 6.07) is 14.5. The number of hydrogen-bond donors (Lipinski definition) is 3. The third-order valence-electron chi connectivity index (χ3n) is 3.08. The van der Waals surface area contributed by atoms with Crippen LogP contribution in [0.4, 0.5) is 0 Å². The van der Waals surface area contributed by atoms with Crippen LogP contribution in [0.2, 0.25) is 0 Å². The topological polar surface area (TPSA) is 102 Å². The molecule has 1 amide bonds. The summed E-state index contributed by atoms with van der Waals surface area (Å²) in [5.74, 6) is -0.527. The number of phenolic OH excluding ortho intramolecular Hbond substituents is 1. The number of carbonyl (C=O) groups excluding carboxylic acids is 1. The van der Waals surface area contributed by atoms with Gasteiger partial charge in [-0.1, -0.05) is 36.4 Å². The minimum Gasteiger partial charge on any atom is -0.508 e. The summed E-state index contributed by atoms with van der Waals surface area (Å²) in [6.07, 6.45) is 1.73. The molecular weight excluding hydrogens is 278 g/mol. The standard InChI is InChI=1S/C17H17N3O2/c1-11(16(22)20-17(18)19)10-13-4-2-3-5-15(13)12-6-8-14(21)9-7-12/h2-10,21H,1H3,(H4,18,19,20,22). The van der Waals surface area contributed by atoms with Gasteiger partial charge in [0.05, 0.1) is 0 Å². The van der Waals surface area contributed by atoms with Crippen LogP contribution in [0, 0.1) is 0 Å². The smallest absolute Gasteiger partial charge is 0.275 e. The largest absolute Gasteiger partial charge is 0.508 e. The van der Waals surface area contributed by atoms with E-state index >= 15 is 0 Å². The van der Waals surface area contributed by atoms with Crippen molar-refractivity contribution in [2.24, 2.45) is 16.5 Å². The first-order valence-corrected chi connectivity index (χ1v) is 6.68. The van der Waals surface area contributed by atoms with Crippen LogP contribution in [0.1, 0.15) is 12.5 Å². The Morgan fingerprint density at radius 2 is 1.73 bits per heavy atom. The summed E-state index contributed by atoms with van der Waals surface area (Å²) >= 11 is 0. The van der Waals surface area contributed by atoms with Gasteiger partial charge in [-0.3, -0.25) is 4.79 Å². The molecule has 0 fully saturated rings. The van der Waals surface area contributed by atoms with Gasteiger partial charge < -0.3 is 16.6 Å².